The van der Waals surface area contributed by atoms with E-state index >= 15 is 0 Å². The third kappa shape index (κ3) is 3.13. The first-order valence-electron chi connectivity index (χ1n) is 6.09. The number of phenols is 1. The SMILES string of the molecule is Cc1cc(O)cc(C)c1C(=O)OCc1ccccc1. The third-order valence-corrected chi connectivity index (χ3v) is 2.93. The molecule has 0 fully saturated rings. The van der Waals surface area contributed by atoms with E-state index in [4.69, 9.17) is 4.74 Å². The second-order valence-electron chi connectivity index (χ2n) is 4.52. The molecule has 0 aliphatic carbocycles. The molecule has 19 heavy (non-hydrogen) atoms. The first kappa shape index (κ1) is 13.1. The van der Waals surface area contributed by atoms with Crippen LogP contribution in [0.5, 0.6) is 5.75 Å². The molecule has 0 bridgehead atoms. The van der Waals surface area contributed by atoms with Gasteiger partial charge < -0.3 is 9.84 Å². The third-order valence-electron chi connectivity index (χ3n) is 2.93. The summed E-state index contributed by atoms with van der Waals surface area (Å²) in [6.07, 6.45) is 0. The molecule has 0 heterocycles. The van der Waals surface area contributed by atoms with Crippen LogP contribution in [0, 0.1) is 13.8 Å². The van der Waals surface area contributed by atoms with E-state index in [1.165, 1.54) is 0 Å². The predicted octanol–water partition coefficient (Wildman–Crippen LogP) is 3.37. The van der Waals surface area contributed by atoms with Crippen molar-refractivity contribution in [2.75, 3.05) is 0 Å². The zero-order valence-electron chi connectivity index (χ0n) is 11.0. The largest absolute Gasteiger partial charge is 0.508 e. The maximum absolute atomic E-state index is 12.1. The fourth-order valence-corrected chi connectivity index (χ4v) is 2.06. The number of esters is 1. The zero-order valence-corrected chi connectivity index (χ0v) is 11.0. The topological polar surface area (TPSA) is 46.5 Å². The molecule has 1 N–H and O–H groups in total. The molecule has 0 saturated carbocycles. The van der Waals surface area contributed by atoms with Gasteiger partial charge in [0.15, 0.2) is 0 Å². The van der Waals surface area contributed by atoms with Gasteiger partial charge in [0.25, 0.3) is 0 Å². The molecule has 0 aliphatic rings. The average Bonchev–Trinajstić information content (AvgIpc) is 2.36. The van der Waals surface area contributed by atoms with E-state index < -0.39 is 0 Å². The summed E-state index contributed by atoms with van der Waals surface area (Å²) in [5, 5.41) is 9.46. The molecule has 2 rings (SSSR count). The lowest BCUT2D eigenvalue weighted by Crippen LogP contribution is -2.09. The molecule has 0 aliphatic heterocycles. The Balaban J connectivity index is 2.13. The number of carbonyl (C=O) groups is 1. The number of hydrogen-bond acceptors (Lipinski definition) is 3. The van der Waals surface area contributed by atoms with E-state index in [-0.39, 0.29) is 18.3 Å². The summed E-state index contributed by atoms with van der Waals surface area (Å²) in [7, 11) is 0. The summed E-state index contributed by atoms with van der Waals surface area (Å²) >= 11 is 0. The lowest BCUT2D eigenvalue weighted by Gasteiger charge is -2.10. The Kier molecular flexibility index (Phi) is 3.85. The second-order valence-corrected chi connectivity index (χ2v) is 4.52. The molecule has 2 aromatic rings. The molecule has 0 spiro atoms. The minimum Gasteiger partial charge on any atom is -0.508 e. The van der Waals surface area contributed by atoms with Crippen molar-refractivity contribution >= 4 is 5.97 Å². The van der Waals surface area contributed by atoms with Crippen molar-refractivity contribution in [1.82, 2.24) is 0 Å². The molecule has 0 unspecified atom stereocenters. The highest BCUT2D eigenvalue weighted by atomic mass is 16.5. The first-order valence-corrected chi connectivity index (χ1v) is 6.09. The Morgan fingerprint density at radius 1 is 1.11 bits per heavy atom. The van der Waals surface area contributed by atoms with Crippen LogP contribution >= 0.6 is 0 Å². The molecule has 98 valence electrons. The summed E-state index contributed by atoms with van der Waals surface area (Å²) < 4.78 is 5.30. The molecule has 0 aromatic heterocycles. The Morgan fingerprint density at radius 3 is 2.26 bits per heavy atom. The van der Waals surface area contributed by atoms with Crippen LogP contribution in [0.15, 0.2) is 42.5 Å². The molecular formula is C16H16O3. The van der Waals surface area contributed by atoms with Crippen molar-refractivity contribution < 1.29 is 14.6 Å². The van der Waals surface area contributed by atoms with Crippen LogP contribution in [0.2, 0.25) is 0 Å². The molecule has 0 saturated heterocycles. The summed E-state index contributed by atoms with van der Waals surface area (Å²) in [5.41, 5.74) is 2.91. The molecule has 2 aromatic carbocycles. The Bertz CT molecular complexity index is 565. The quantitative estimate of drug-likeness (QED) is 0.856. The first-order chi connectivity index (χ1) is 9.08. The number of aromatic hydroxyl groups is 1. The highest BCUT2D eigenvalue weighted by molar-refractivity contribution is 5.92. The predicted molar refractivity (Wildman–Crippen MR) is 73.1 cm³/mol. The van der Waals surface area contributed by atoms with Crippen LogP contribution in [-0.2, 0) is 11.3 Å². The van der Waals surface area contributed by atoms with Crippen molar-refractivity contribution in [3.8, 4) is 5.75 Å². The average molecular weight is 256 g/mol. The van der Waals surface area contributed by atoms with Gasteiger partial charge in [-0.1, -0.05) is 30.3 Å². The number of aryl methyl sites for hydroxylation is 2. The Hall–Kier alpha value is -2.29. The monoisotopic (exact) mass is 256 g/mol. The van der Waals surface area contributed by atoms with Crippen LogP contribution in [0.1, 0.15) is 27.0 Å². The normalized spacial score (nSPS) is 10.2. The van der Waals surface area contributed by atoms with E-state index in [0.717, 1.165) is 16.7 Å². The molecule has 0 amide bonds. The maximum atomic E-state index is 12.1. The van der Waals surface area contributed by atoms with E-state index in [1.807, 2.05) is 30.3 Å². The van der Waals surface area contributed by atoms with E-state index in [1.54, 1.807) is 26.0 Å². The zero-order chi connectivity index (χ0) is 13.8. The highest BCUT2D eigenvalue weighted by Crippen LogP contribution is 2.21. The second kappa shape index (κ2) is 5.57. The van der Waals surface area contributed by atoms with Crippen LogP contribution in [0.4, 0.5) is 0 Å². The van der Waals surface area contributed by atoms with Gasteiger partial charge in [-0.25, -0.2) is 4.79 Å². The number of phenolic OH excluding ortho intramolecular Hbond substituents is 1. The number of carbonyl (C=O) groups excluding carboxylic acids is 1. The number of rotatable bonds is 3. The van der Waals surface area contributed by atoms with Gasteiger partial charge in [-0.15, -0.1) is 0 Å². The fraction of sp³-hybridized carbons (Fsp3) is 0.188. The van der Waals surface area contributed by atoms with E-state index in [9.17, 15) is 9.90 Å². The minimum atomic E-state index is -0.362. The van der Waals surface area contributed by atoms with Crippen LogP contribution in [-0.4, -0.2) is 11.1 Å². The van der Waals surface area contributed by atoms with Crippen molar-refractivity contribution in [1.29, 1.82) is 0 Å². The fourth-order valence-electron chi connectivity index (χ4n) is 2.06. The molecule has 0 atom stereocenters. The highest BCUT2D eigenvalue weighted by Gasteiger charge is 2.14. The standard InChI is InChI=1S/C16H16O3/c1-11-8-14(17)9-12(2)15(11)16(18)19-10-13-6-4-3-5-7-13/h3-9,17H,10H2,1-2H3. The number of ether oxygens (including phenoxy) is 1. The lowest BCUT2D eigenvalue weighted by atomic mass is 10.0. The minimum absolute atomic E-state index is 0.162. The van der Waals surface area contributed by atoms with Gasteiger partial charge in [0.2, 0.25) is 0 Å². The van der Waals surface area contributed by atoms with Gasteiger partial charge in [0, 0.05) is 0 Å². The van der Waals surface area contributed by atoms with Crippen LogP contribution in [0.25, 0.3) is 0 Å². The van der Waals surface area contributed by atoms with Gasteiger partial charge >= 0.3 is 5.97 Å². The van der Waals surface area contributed by atoms with E-state index in [0.29, 0.717) is 5.56 Å². The van der Waals surface area contributed by atoms with Crippen molar-refractivity contribution in [2.24, 2.45) is 0 Å². The summed E-state index contributed by atoms with van der Waals surface area (Å²) in [6, 6.07) is 12.7. The van der Waals surface area contributed by atoms with Crippen molar-refractivity contribution in [3.05, 3.63) is 64.7 Å². The van der Waals surface area contributed by atoms with Gasteiger partial charge in [-0.3, -0.25) is 0 Å². The van der Waals surface area contributed by atoms with Gasteiger partial charge in [-0.2, -0.15) is 0 Å². The summed E-state index contributed by atoms with van der Waals surface area (Å²) in [4.78, 5) is 12.1. The van der Waals surface area contributed by atoms with Crippen molar-refractivity contribution in [2.45, 2.75) is 20.5 Å². The molecular weight excluding hydrogens is 240 g/mol. The van der Waals surface area contributed by atoms with Gasteiger partial charge in [-0.05, 0) is 42.7 Å². The Morgan fingerprint density at radius 2 is 1.68 bits per heavy atom. The summed E-state index contributed by atoms with van der Waals surface area (Å²) in [6.45, 7) is 3.82. The molecule has 3 heteroatoms. The lowest BCUT2D eigenvalue weighted by molar-refractivity contribution is 0.0471. The maximum Gasteiger partial charge on any atom is 0.339 e. The Labute approximate surface area is 112 Å². The van der Waals surface area contributed by atoms with Crippen LogP contribution in [0.3, 0.4) is 0 Å². The number of hydrogen-bond donors (Lipinski definition) is 1. The van der Waals surface area contributed by atoms with Gasteiger partial charge in [0.05, 0.1) is 5.56 Å². The van der Waals surface area contributed by atoms with Gasteiger partial charge in [0.1, 0.15) is 12.4 Å². The molecule has 0 radical (unpaired) electrons. The van der Waals surface area contributed by atoms with Crippen LogP contribution < -0.4 is 0 Å². The summed E-state index contributed by atoms with van der Waals surface area (Å²) in [5.74, 6) is -0.200. The number of benzene rings is 2. The van der Waals surface area contributed by atoms with E-state index in [2.05, 4.69) is 0 Å². The van der Waals surface area contributed by atoms with Crippen molar-refractivity contribution in [3.63, 3.8) is 0 Å². The smallest absolute Gasteiger partial charge is 0.339 e. The molecule has 3 nitrogen and oxygen atoms in total.